The van der Waals surface area contributed by atoms with E-state index in [0.717, 1.165) is 19.3 Å². The summed E-state index contributed by atoms with van der Waals surface area (Å²) in [6, 6.07) is 0. The third-order valence-corrected chi connectivity index (χ3v) is 2.54. The Balaban J connectivity index is 1.92. The summed E-state index contributed by atoms with van der Waals surface area (Å²) in [6.45, 7) is 0.692. The number of hydrogen-bond acceptors (Lipinski definition) is 2. The molecule has 1 saturated heterocycles. The summed E-state index contributed by atoms with van der Waals surface area (Å²) < 4.78 is 5.12. The quantitative estimate of drug-likeness (QED) is 0.600. The van der Waals surface area contributed by atoms with Crippen molar-refractivity contribution >= 4 is 6.09 Å². The van der Waals surface area contributed by atoms with Crippen LogP contribution in [0.3, 0.4) is 0 Å². The topological polar surface area (TPSA) is 38.3 Å². The van der Waals surface area contributed by atoms with Crippen molar-refractivity contribution in [2.24, 2.45) is 5.92 Å². The fourth-order valence-electron chi connectivity index (χ4n) is 1.82. The average molecular weight is 167 g/mol. The molecule has 0 aromatic rings. The first-order valence-electron chi connectivity index (χ1n) is 4.46. The Kier molecular flexibility index (Phi) is 2.02. The largest absolute Gasteiger partial charge is 0.444 e. The number of alkyl carbamates (subject to hydrolysis) is 1. The van der Waals surface area contributed by atoms with Crippen LogP contribution in [-0.2, 0) is 4.74 Å². The number of allylic oxidation sites excluding steroid dienone is 2. The van der Waals surface area contributed by atoms with Gasteiger partial charge in [0.1, 0.15) is 6.10 Å². The van der Waals surface area contributed by atoms with Crippen LogP contribution in [0.25, 0.3) is 0 Å². The van der Waals surface area contributed by atoms with Gasteiger partial charge in [0.2, 0.25) is 0 Å². The SMILES string of the molecule is O=C1NCC(C2CC=CCC2)O1. The molecule has 1 fully saturated rings. The molecule has 3 heteroatoms. The number of cyclic esters (lactones) is 1. The molecule has 66 valence electrons. The third kappa shape index (κ3) is 1.44. The Morgan fingerprint density at radius 1 is 1.50 bits per heavy atom. The Morgan fingerprint density at radius 2 is 2.42 bits per heavy atom. The summed E-state index contributed by atoms with van der Waals surface area (Å²) in [5, 5.41) is 2.68. The van der Waals surface area contributed by atoms with Crippen molar-refractivity contribution in [2.45, 2.75) is 25.4 Å². The van der Waals surface area contributed by atoms with Crippen LogP contribution >= 0.6 is 0 Å². The molecule has 0 aromatic carbocycles. The third-order valence-electron chi connectivity index (χ3n) is 2.54. The molecule has 0 saturated carbocycles. The normalized spacial score (nSPS) is 34.5. The molecule has 1 N–H and O–H groups in total. The fourth-order valence-corrected chi connectivity index (χ4v) is 1.82. The summed E-state index contributed by atoms with van der Waals surface area (Å²) in [4.78, 5) is 10.7. The Hall–Kier alpha value is -0.990. The standard InChI is InChI=1S/C9H13NO2/c11-9-10-6-8(12-9)7-4-2-1-3-5-7/h1-2,7-8H,3-6H2,(H,10,11). The van der Waals surface area contributed by atoms with E-state index in [9.17, 15) is 4.79 Å². The zero-order valence-corrected chi connectivity index (χ0v) is 6.95. The summed E-state index contributed by atoms with van der Waals surface area (Å²) in [6.07, 6.45) is 7.56. The minimum atomic E-state index is -0.255. The summed E-state index contributed by atoms with van der Waals surface area (Å²) in [5.74, 6) is 0.536. The first-order valence-corrected chi connectivity index (χ1v) is 4.46. The zero-order valence-electron chi connectivity index (χ0n) is 6.95. The predicted molar refractivity (Wildman–Crippen MR) is 44.8 cm³/mol. The lowest BCUT2D eigenvalue weighted by atomic mass is 9.89. The predicted octanol–water partition coefficient (Wildman–Crippen LogP) is 1.45. The maximum atomic E-state index is 10.7. The maximum Gasteiger partial charge on any atom is 0.407 e. The second-order valence-corrected chi connectivity index (χ2v) is 3.37. The van der Waals surface area contributed by atoms with E-state index >= 15 is 0 Å². The van der Waals surface area contributed by atoms with Crippen molar-refractivity contribution in [1.29, 1.82) is 0 Å². The van der Waals surface area contributed by atoms with Crippen molar-refractivity contribution in [3.05, 3.63) is 12.2 Å². The van der Waals surface area contributed by atoms with E-state index in [0.29, 0.717) is 12.5 Å². The molecule has 1 amide bonds. The van der Waals surface area contributed by atoms with Crippen LogP contribution < -0.4 is 5.32 Å². The van der Waals surface area contributed by atoms with Crippen LogP contribution in [0.15, 0.2) is 12.2 Å². The highest BCUT2D eigenvalue weighted by molar-refractivity contribution is 5.69. The van der Waals surface area contributed by atoms with Gasteiger partial charge in [-0.2, -0.15) is 0 Å². The highest BCUT2D eigenvalue weighted by Gasteiger charge is 2.30. The molecule has 12 heavy (non-hydrogen) atoms. The molecule has 0 spiro atoms. The molecule has 1 heterocycles. The highest BCUT2D eigenvalue weighted by Crippen LogP contribution is 2.25. The fraction of sp³-hybridized carbons (Fsp3) is 0.667. The van der Waals surface area contributed by atoms with Gasteiger partial charge in [0.25, 0.3) is 0 Å². The minimum Gasteiger partial charge on any atom is -0.444 e. The second-order valence-electron chi connectivity index (χ2n) is 3.37. The van der Waals surface area contributed by atoms with Gasteiger partial charge in [-0.1, -0.05) is 12.2 Å². The van der Waals surface area contributed by atoms with Crippen molar-refractivity contribution in [3.8, 4) is 0 Å². The van der Waals surface area contributed by atoms with E-state index in [1.807, 2.05) is 0 Å². The molecule has 1 aliphatic carbocycles. The lowest BCUT2D eigenvalue weighted by molar-refractivity contribution is 0.101. The number of hydrogen-bond donors (Lipinski definition) is 1. The second kappa shape index (κ2) is 3.17. The number of carbonyl (C=O) groups excluding carboxylic acids is 1. The summed E-state index contributed by atoms with van der Waals surface area (Å²) >= 11 is 0. The monoisotopic (exact) mass is 167 g/mol. The molecule has 3 nitrogen and oxygen atoms in total. The van der Waals surface area contributed by atoms with Crippen LogP contribution in [0.5, 0.6) is 0 Å². The van der Waals surface area contributed by atoms with E-state index in [1.54, 1.807) is 0 Å². The van der Waals surface area contributed by atoms with Gasteiger partial charge in [-0.05, 0) is 19.3 Å². The molecular weight excluding hydrogens is 154 g/mol. The number of rotatable bonds is 1. The molecular formula is C9H13NO2. The van der Waals surface area contributed by atoms with Gasteiger partial charge >= 0.3 is 6.09 Å². The smallest absolute Gasteiger partial charge is 0.407 e. The Bertz CT molecular complexity index is 211. The number of amides is 1. The average Bonchev–Trinajstić information content (AvgIpc) is 2.54. The van der Waals surface area contributed by atoms with Gasteiger partial charge in [0.05, 0.1) is 6.54 Å². The van der Waals surface area contributed by atoms with Crippen molar-refractivity contribution in [2.75, 3.05) is 6.54 Å². The van der Waals surface area contributed by atoms with Crippen LogP contribution in [-0.4, -0.2) is 18.7 Å². The molecule has 2 rings (SSSR count). The van der Waals surface area contributed by atoms with Gasteiger partial charge < -0.3 is 10.1 Å². The summed E-state index contributed by atoms with van der Waals surface area (Å²) in [7, 11) is 0. The first-order chi connectivity index (χ1) is 5.86. The Morgan fingerprint density at radius 3 is 3.00 bits per heavy atom. The van der Waals surface area contributed by atoms with Crippen LogP contribution in [0.1, 0.15) is 19.3 Å². The minimum absolute atomic E-state index is 0.113. The maximum absolute atomic E-state index is 10.7. The van der Waals surface area contributed by atoms with E-state index < -0.39 is 0 Å². The molecule has 2 atom stereocenters. The van der Waals surface area contributed by atoms with E-state index in [4.69, 9.17) is 4.74 Å². The number of carbonyl (C=O) groups is 1. The first kappa shape index (κ1) is 7.65. The lowest BCUT2D eigenvalue weighted by Crippen LogP contribution is -2.25. The molecule has 0 radical (unpaired) electrons. The summed E-state index contributed by atoms with van der Waals surface area (Å²) in [5.41, 5.74) is 0. The van der Waals surface area contributed by atoms with Crippen molar-refractivity contribution in [3.63, 3.8) is 0 Å². The zero-order chi connectivity index (χ0) is 8.39. The van der Waals surface area contributed by atoms with E-state index in [1.165, 1.54) is 0 Å². The van der Waals surface area contributed by atoms with Crippen molar-refractivity contribution in [1.82, 2.24) is 5.32 Å². The Labute approximate surface area is 71.8 Å². The van der Waals surface area contributed by atoms with Gasteiger partial charge in [0, 0.05) is 5.92 Å². The van der Waals surface area contributed by atoms with Crippen LogP contribution in [0.2, 0.25) is 0 Å². The van der Waals surface area contributed by atoms with E-state index in [-0.39, 0.29) is 12.2 Å². The van der Waals surface area contributed by atoms with E-state index in [2.05, 4.69) is 17.5 Å². The molecule has 0 aromatic heterocycles. The molecule has 2 aliphatic rings. The molecule has 0 bridgehead atoms. The van der Waals surface area contributed by atoms with Crippen LogP contribution in [0.4, 0.5) is 4.79 Å². The van der Waals surface area contributed by atoms with Crippen molar-refractivity contribution < 1.29 is 9.53 Å². The molecule has 1 aliphatic heterocycles. The lowest BCUT2D eigenvalue weighted by Gasteiger charge is -2.21. The van der Waals surface area contributed by atoms with Gasteiger partial charge in [0.15, 0.2) is 0 Å². The number of nitrogens with one attached hydrogen (secondary N) is 1. The molecule has 2 unspecified atom stereocenters. The highest BCUT2D eigenvalue weighted by atomic mass is 16.6. The van der Waals surface area contributed by atoms with Gasteiger partial charge in [-0.25, -0.2) is 4.79 Å². The van der Waals surface area contributed by atoms with Crippen LogP contribution in [0, 0.1) is 5.92 Å². The van der Waals surface area contributed by atoms with Gasteiger partial charge in [-0.15, -0.1) is 0 Å². The number of ether oxygens (including phenoxy) is 1. The van der Waals surface area contributed by atoms with Gasteiger partial charge in [-0.3, -0.25) is 0 Å².